The topological polar surface area (TPSA) is 9.23 Å². The molecule has 3 rings (SSSR count). The van der Waals surface area contributed by atoms with Gasteiger partial charge in [0.15, 0.2) is 0 Å². The Balaban J connectivity index is 2.24. The smallest absolute Gasteiger partial charge is 0.131 e. The van der Waals surface area contributed by atoms with Gasteiger partial charge in [0.25, 0.3) is 0 Å². The SMILES string of the molecule is COc1ccc(F)c(-c2c(F)cc(CC(C)(C)C)cc2[C@H]2CCCC2(C)C)c1. The quantitative estimate of drug-likeness (QED) is 0.528. The minimum absolute atomic E-state index is 0.0532. The fourth-order valence-corrected chi connectivity index (χ4v) is 4.69. The Morgan fingerprint density at radius 2 is 1.79 bits per heavy atom. The van der Waals surface area contributed by atoms with Crippen molar-refractivity contribution in [1.82, 2.24) is 0 Å². The van der Waals surface area contributed by atoms with Crippen molar-refractivity contribution in [2.24, 2.45) is 10.8 Å². The van der Waals surface area contributed by atoms with Gasteiger partial charge in [-0.15, -0.1) is 0 Å². The Labute approximate surface area is 168 Å². The van der Waals surface area contributed by atoms with Crippen LogP contribution >= 0.6 is 0 Å². The summed E-state index contributed by atoms with van der Waals surface area (Å²) in [5.41, 5.74) is 2.73. The van der Waals surface area contributed by atoms with Crippen molar-refractivity contribution in [3.05, 3.63) is 53.1 Å². The molecule has 0 aromatic heterocycles. The lowest BCUT2D eigenvalue weighted by Crippen LogP contribution is -2.18. The number of methoxy groups -OCH3 is 1. The first-order chi connectivity index (χ1) is 13.0. The van der Waals surface area contributed by atoms with Gasteiger partial charge in [0.2, 0.25) is 0 Å². The highest BCUT2D eigenvalue weighted by atomic mass is 19.1. The maximum Gasteiger partial charge on any atom is 0.131 e. The molecule has 0 heterocycles. The minimum atomic E-state index is -0.416. The lowest BCUT2D eigenvalue weighted by molar-refractivity contribution is 0.331. The van der Waals surface area contributed by atoms with Crippen LogP contribution in [-0.4, -0.2) is 7.11 Å². The first-order valence-corrected chi connectivity index (χ1v) is 10.2. The summed E-state index contributed by atoms with van der Waals surface area (Å²) in [6.45, 7) is 10.9. The van der Waals surface area contributed by atoms with E-state index in [1.165, 1.54) is 6.07 Å². The van der Waals surface area contributed by atoms with Gasteiger partial charge in [-0.1, -0.05) is 47.1 Å². The van der Waals surface area contributed by atoms with Crippen molar-refractivity contribution in [3.63, 3.8) is 0 Å². The third kappa shape index (κ3) is 4.24. The van der Waals surface area contributed by atoms with Crippen LogP contribution in [0.2, 0.25) is 0 Å². The molecule has 2 aromatic rings. The molecular weight excluding hydrogens is 354 g/mol. The van der Waals surface area contributed by atoms with Crippen molar-refractivity contribution in [2.75, 3.05) is 7.11 Å². The standard InChI is InChI=1S/C25H32F2O/c1-24(2,3)15-16-12-18(20-8-7-11-25(20,4)5)23(22(27)13-16)19-14-17(28-6)9-10-21(19)26/h9-10,12-14,20H,7-8,11,15H2,1-6H3/t20-/m1/s1. The number of rotatable bonds is 4. The number of hydrogen-bond acceptors (Lipinski definition) is 1. The lowest BCUT2D eigenvalue weighted by atomic mass is 9.74. The summed E-state index contributed by atoms with van der Waals surface area (Å²) in [5.74, 6) is -0.0133. The van der Waals surface area contributed by atoms with Crippen LogP contribution in [0.25, 0.3) is 11.1 Å². The molecule has 0 aliphatic heterocycles. The van der Waals surface area contributed by atoms with Gasteiger partial charge in [-0.2, -0.15) is 0 Å². The zero-order valence-electron chi connectivity index (χ0n) is 18.0. The molecule has 2 aromatic carbocycles. The Kier molecular flexibility index (Phi) is 5.58. The van der Waals surface area contributed by atoms with Crippen LogP contribution in [0.1, 0.15) is 70.9 Å². The van der Waals surface area contributed by atoms with Crippen LogP contribution in [0.15, 0.2) is 30.3 Å². The summed E-state index contributed by atoms with van der Waals surface area (Å²) in [6.07, 6.45) is 4.00. The van der Waals surface area contributed by atoms with Gasteiger partial charge >= 0.3 is 0 Å². The number of halogens is 2. The van der Waals surface area contributed by atoms with E-state index in [0.717, 1.165) is 36.8 Å². The lowest BCUT2D eigenvalue weighted by Gasteiger charge is -2.30. The molecule has 1 aliphatic carbocycles. The molecule has 0 amide bonds. The van der Waals surface area contributed by atoms with Crippen molar-refractivity contribution >= 4 is 0 Å². The van der Waals surface area contributed by atoms with Gasteiger partial charge in [-0.3, -0.25) is 0 Å². The molecule has 152 valence electrons. The van der Waals surface area contributed by atoms with Crippen LogP contribution in [0.5, 0.6) is 5.75 Å². The summed E-state index contributed by atoms with van der Waals surface area (Å²) < 4.78 is 35.5. The van der Waals surface area contributed by atoms with Crippen LogP contribution in [0.3, 0.4) is 0 Å². The Hall–Kier alpha value is -1.90. The van der Waals surface area contributed by atoms with Crippen LogP contribution in [-0.2, 0) is 6.42 Å². The molecule has 0 saturated heterocycles. The molecular formula is C25H32F2O. The molecule has 0 spiro atoms. The number of hydrogen-bond donors (Lipinski definition) is 0. The molecule has 3 heteroatoms. The highest BCUT2D eigenvalue weighted by Crippen LogP contribution is 2.52. The fourth-order valence-electron chi connectivity index (χ4n) is 4.69. The Bertz CT molecular complexity index is 862. The van der Waals surface area contributed by atoms with Gasteiger partial charge in [0.1, 0.15) is 17.4 Å². The van der Waals surface area contributed by atoms with E-state index in [4.69, 9.17) is 4.74 Å². The summed E-state index contributed by atoms with van der Waals surface area (Å²) in [6, 6.07) is 8.26. The highest BCUT2D eigenvalue weighted by Gasteiger charge is 2.38. The molecule has 1 atom stereocenters. The van der Waals surface area contributed by atoms with Crippen LogP contribution in [0.4, 0.5) is 8.78 Å². The second-order valence-corrected chi connectivity index (χ2v) is 10.1. The van der Waals surface area contributed by atoms with Crippen LogP contribution < -0.4 is 4.74 Å². The minimum Gasteiger partial charge on any atom is -0.497 e. The molecule has 1 saturated carbocycles. The van der Waals surface area contributed by atoms with Gasteiger partial charge < -0.3 is 4.74 Å². The van der Waals surface area contributed by atoms with E-state index < -0.39 is 5.82 Å². The highest BCUT2D eigenvalue weighted by molar-refractivity contribution is 5.71. The van der Waals surface area contributed by atoms with E-state index in [1.54, 1.807) is 25.3 Å². The summed E-state index contributed by atoms with van der Waals surface area (Å²) >= 11 is 0. The summed E-state index contributed by atoms with van der Waals surface area (Å²) in [7, 11) is 1.54. The molecule has 1 nitrogen and oxygen atoms in total. The third-order valence-corrected chi connectivity index (χ3v) is 5.99. The largest absolute Gasteiger partial charge is 0.497 e. The fraction of sp³-hybridized carbons (Fsp3) is 0.520. The molecule has 28 heavy (non-hydrogen) atoms. The van der Waals surface area contributed by atoms with E-state index >= 15 is 4.39 Å². The maximum atomic E-state index is 15.5. The molecule has 0 N–H and O–H groups in total. The van der Waals surface area contributed by atoms with E-state index in [9.17, 15) is 4.39 Å². The van der Waals surface area contributed by atoms with Crippen LogP contribution in [0, 0.1) is 22.5 Å². The van der Waals surface area contributed by atoms with E-state index in [0.29, 0.717) is 11.3 Å². The van der Waals surface area contributed by atoms with E-state index in [1.807, 2.05) is 0 Å². The predicted octanol–water partition coefficient (Wildman–Crippen LogP) is 7.52. The first-order valence-electron chi connectivity index (χ1n) is 10.2. The average molecular weight is 387 g/mol. The van der Waals surface area contributed by atoms with Crippen molar-refractivity contribution in [2.45, 2.75) is 66.2 Å². The Morgan fingerprint density at radius 3 is 2.36 bits per heavy atom. The van der Waals surface area contributed by atoms with Crippen molar-refractivity contribution in [3.8, 4) is 16.9 Å². The molecule has 0 bridgehead atoms. The maximum absolute atomic E-state index is 15.5. The summed E-state index contributed by atoms with van der Waals surface area (Å²) in [5, 5.41) is 0. The van der Waals surface area contributed by atoms with Gasteiger partial charge in [0, 0.05) is 11.1 Å². The van der Waals surface area contributed by atoms with Gasteiger partial charge in [-0.25, -0.2) is 8.78 Å². The second kappa shape index (κ2) is 7.50. The van der Waals surface area contributed by atoms with Gasteiger partial charge in [-0.05, 0) is 71.4 Å². The zero-order valence-corrected chi connectivity index (χ0v) is 18.0. The average Bonchev–Trinajstić information content (AvgIpc) is 2.93. The Morgan fingerprint density at radius 1 is 1.07 bits per heavy atom. The third-order valence-electron chi connectivity index (χ3n) is 5.99. The summed E-state index contributed by atoms with van der Waals surface area (Å²) in [4.78, 5) is 0. The first kappa shape index (κ1) is 20.8. The molecule has 1 aliphatic rings. The molecule has 0 radical (unpaired) electrons. The number of ether oxygens (including phenoxy) is 1. The van der Waals surface area contributed by atoms with Crippen molar-refractivity contribution in [1.29, 1.82) is 0 Å². The molecule has 0 unspecified atom stereocenters. The number of benzene rings is 2. The van der Waals surface area contributed by atoms with Gasteiger partial charge in [0.05, 0.1) is 7.11 Å². The molecule has 1 fully saturated rings. The van der Waals surface area contributed by atoms with E-state index in [-0.39, 0.29) is 28.1 Å². The second-order valence-electron chi connectivity index (χ2n) is 10.1. The predicted molar refractivity (Wildman–Crippen MR) is 112 cm³/mol. The zero-order chi connectivity index (χ0) is 20.7. The monoisotopic (exact) mass is 386 g/mol. The van der Waals surface area contributed by atoms with E-state index in [2.05, 4.69) is 40.7 Å². The normalized spacial score (nSPS) is 19.1. The van der Waals surface area contributed by atoms with Crippen molar-refractivity contribution < 1.29 is 13.5 Å².